The van der Waals surface area contributed by atoms with Crippen molar-refractivity contribution >= 4 is 17.2 Å². The summed E-state index contributed by atoms with van der Waals surface area (Å²) >= 11 is 1.47. The van der Waals surface area contributed by atoms with Crippen molar-refractivity contribution in [1.29, 1.82) is 0 Å². The summed E-state index contributed by atoms with van der Waals surface area (Å²) < 4.78 is 36.3. The molecule has 1 unspecified atom stereocenters. The third-order valence-corrected chi connectivity index (χ3v) is 4.23. The predicted molar refractivity (Wildman–Crippen MR) is 65.4 cm³/mol. The second-order valence-corrected chi connectivity index (χ2v) is 5.49. The van der Waals surface area contributed by atoms with Crippen LogP contribution in [-0.4, -0.2) is 29.8 Å². The molecule has 19 heavy (non-hydrogen) atoms. The molecule has 7 heteroatoms. The number of aryl methyl sites for hydroxylation is 1. The molecule has 3 nitrogen and oxygen atoms in total. The van der Waals surface area contributed by atoms with Crippen molar-refractivity contribution in [1.82, 2.24) is 5.32 Å². The molecule has 0 bridgehead atoms. The van der Waals surface area contributed by atoms with E-state index >= 15 is 0 Å². The molecule has 0 saturated carbocycles. The molecule has 1 amide bonds. The summed E-state index contributed by atoms with van der Waals surface area (Å²) in [6.45, 7) is -0.813. The van der Waals surface area contributed by atoms with E-state index in [1.807, 2.05) is 0 Å². The Hall–Kier alpha value is -1.08. The Labute approximate surface area is 112 Å². The molecule has 0 aliphatic heterocycles. The molecule has 0 radical (unpaired) electrons. The largest absolute Gasteiger partial charge is 0.416 e. The Morgan fingerprint density at radius 1 is 1.42 bits per heavy atom. The molecule has 2 rings (SSSR count). The lowest BCUT2D eigenvalue weighted by atomic mass is 9.95. The van der Waals surface area contributed by atoms with Crippen LogP contribution in [0, 0.1) is 0 Å². The normalized spacial score (nSPS) is 16.8. The molecule has 1 aromatic heterocycles. The fourth-order valence-corrected chi connectivity index (χ4v) is 3.21. The van der Waals surface area contributed by atoms with Gasteiger partial charge in [0.15, 0.2) is 6.10 Å². The molecule has 0 spiro atoms. The van der Waals surface area contributed by atoms with Gasteiger partial charge in [-0.05, 0) is 31.2 Å². The van der Waals surface area contributed by atoms with E-state index < -0.39 is 24.7 Å². The maximum absolute atomic E-state index is 12.1. The molecule has 2 N–H and O–H groups in total. The number of rotatable bonds is 3. The zero-order valence-corrected chi connectivity index (χ0v) is 10.9. The summed E-state index contributed by atoms with van der Waals surface area (Å²) in [4.78, 5) is 13.0. The fraction of sp³-hybridized carbons (Fsp3) is 0.583. The molecule has 0 saturated heterocycles. The molecule has 1 heterocycles. The van der Waals surface area contributed by atoms with Gasteiger partial charge >= 0.3 is 6.18 Å². The van der Waals surface area contributed by atoms with Gasteiger partial charge in [0.2, 0.25) is 0 Å². The first-order valence-electron chi connectivity index (χ1n) is 6.02. The number of alkyl halides is 3. The van der Waals surface area contributed by atoms with Crippen LogP contribution in [0.1, 0.15) is 33.6 Å². The number of hydrogen-bond acceptors (Lipinski definition) is 3. The zero-order valence-electron chi connectivity index (χ0n) is 10.1. The third kappa shape index (κ3) is 3.27. The Morgan fingerprint density at radius 2 is 2.11 bits per heavy atom. The van der Waals surface area contributed by atoms with Crippen LogP contribution < -0.4 is 5.32 Å². The van der Waals surface area contributed by atoms with E-state index in [2.05, 4.69) is 5.32 Å². The van der Waals surface area contributed by atoms with Crippen molar-refractivity contribution in [2.24, 2.45) is 0 Å². The number of nitrogens with one attached hydrogen (secondary N) is 1. The number of aliphatic hydroxyl groups is 1. The number of carbonyl (C=O) groups excluding carboxylic acids is 1. The van der Waals surface area contributed by atoms with Crippen LogP contribution in [-0.2, 0) is 12.8 Å². The molecule has 0 aromatic carbocycles. The smallest absolute Gasteiger partial charge is 0.382 e. The monoisotopic (exact) mass is 293 g/mol. The average molecular weight is 293 g/mol. The lowest BCUT2D eigenvalue weighted by Crippen LogP contribution is -2.40. The molecule has 0 fully saturated rings. The van der Waals surface area contributed by atoms with E-state index in [4.69, 9.17) is 5.11 Å². The van der Waals surface area contributed by atoms with Crippen LogP contribution >= 0.6 is 11.3 Å². The van der Waals surface area contributed by atoms with Gasteiger partial charge in [0.05, 0.1) is 12.1 Å². The number of thiophene rings is 1. The molecule has 1 aliphatic rings. The minimum Gasteiger partial charge on any atom is -0.382 e. The number of carbonyl (C=O) groups is 1. The van der Waals surface area contributed by atoms with Crippen LogP contribution in [0.5, 0.6) is 0 Å². The van der Waals surface area contributed by atoms with Crippen LogP contribution in [0.3, 0.4) is 0 Å². The standard InChI is InChI=1S/C12H14F3NO2S/c13-12(14,15)10(17)5-16-11(18)8-6-19-9-4-2-1-3-7(8)9/h6,10,17H,1-5H2,(H,16,18). The highest BCUT2D eigenvalue weighted by atomic mass is 32.1. The molecule has 106 valence electrons. The summed E-state index contributed by atoms with van der Waals surface area (Å²) in [6, 6.07) is 0. The summed E-state index contributed by atoms with van der Waals surface area (Å²) in [5.74, 6) is -0.539. The molecular formula is C12H14F3NO2S. The number of amides is 1. The van der Waals surface area contributed by atoms with Gasteiger partial charge in [0, 0.05) is 10.3 Å². The van der Waals surface area contributed by atoms with Crippen LogP contribution in [0.2, 0.25) is 0 Å². The van der Waals surface area contributed by atoms with Gasteiger partial charge in [-0.15, -0.1) is 11.3 Å². The zero-order chi connectivity index (χ0) is 14.0. The van der Waals surface area contributed by atoms with Gasteiger partial charge in [-0.1, -0.05) is 0 Å². The number of halogens is 3. The van der Waals surface area contributed by atoms with Gasteiger partial charge in [0.25, 0.3) is 5.91 Å². The van der Waals surface area contributed by atoms with E-state index in [0.29, 0.717) is 5.56 Å². The number of hydrogen-bond donors (Lipinski definition) is 2. The summed E-state index contributed by atoms with van der Waals surface area (Å²) in [5, 5.41) is 12.7. The van der Waals surface area contributed by atoms with Gasteiger partial charge < -0.3 is 10.4 Å². The topological polar surface area (TPSA) is 49.3 Å². The van der Waals surface area contributed by atoms with Crippen LogP contribution in [0.4, 0.5) is 13.2 Å². The van der Waals surface area contributed by atoms with E-state index in [1.165, 1.54) is 11.3 Å². The van der Waals surface area contributed by atoms with Gasteiger partial charge in [0.1, 0.15) is 0 Å². The Balaban J connectivity index is 1.99. The van der Waals surface area contributed by atoms with E-state index in [-0.39, 0.29) is 0 Å². The molecule has 1 atom stereocenters. The lowest BCUT2D eigenvalue weighted by Gasteiger charge is -2.16. The van der Waals surface area contributed by atoms with Crippen LogP contribution in [0.25, 0.3) is 0 Å². The Kier molecular flexibility index (Phi) is 4.15. The molecule has 1 aromatic rings. The first kappa shape index (κ1) is 14.3. The van der Waals surface area contributed by atoms with E-state index in [9.17, 15) is 18.0 Å². The fourth-order valence-electron chi connectivity index (χ4n) is 2.08. The van der Waals surface area contributed by atoms with E-state index in [0.717, 1.165) is 36.1 Å². The van der Waals surface area contributed by atoms with Gasteiger partial charge in [-0.2, -0.15) is 13.2 Å². The average Bonchev–Trinajstić information content (AvgIpc) is 2.78. The highest BCUT2D eigenvalue weighted by Crippen LogP contribution is 2.30. The van der Waals surface area contributed by atoms with Crippen molar-refractivity contribution in [3.05, 3.63) is 21.4 Å². The quantitative estimate of drug-likeness (QED) is 0.898. The summed E-state index contributed by atoms with van der Waals surface area (Å²) in [6.07, 6.45) is -3.43. The van der Waals surface area contributed by atoms with Gasteiger partial charge in [-0.3, -0.25) is 4.79 Å². The predicted octanol–water partition coefficient (Wildman–Crippen LogP) is 2.28. The van der Waals surface area contributed by atoms with Crippen molar-refractivity contribution in [3.8, 4) is 0 Å². The first-order valence-corrected chi connectivity index (χ1v) is 6.90. The molecule has 1 aliphatic carbocycles. The Morgan fingerprint density at radius 3 is 2.79 bits per heavy atom. The maximum atomic E-state index is 12.1. The summed E-state index contributed by atoms with van der Waals surface area (Å²) in [5.41, 5.74) is 1.41. The van der Waals surface area contributed by atoms with Crippen molar-refractivity contribution in [2.75, 3.05) is 6.54 Å². The second-order valence-electron chi connectivity index (χ2n) is 4.53. The van der Waals surface area contributed by atoms with Gasteiger partial charge in [-0.25, -0.2) is 0 Å². The minimum atomic E-state index is -4.71. The second kappa shape index (κ2) is 5.50. The lowest BCUT2D eigenvalue weighted by molar-refractivity contribution is -0.201. The number of fused-ring (bicyclic) bond motifs is 1. The van der Waals surface area contributed by atoms with Crippen molar-refractivity contribution < 1.29 is 23.1 Å². The Bertz CT molecular complexity index is 470. The summed E-state index contributed by atoms with van der Waals surface area (Å²) in [7, 11) is 0. The highest BCUT2D eigenvalue weighted by Gasteiger charge is 2.38. The molecular weight excluding hydrogens is 279 g/mol. The first-order chi connectivity index (χ1) is 8.89. The van der Waals surface area contributed by atoms with E-state index in [1.54, 1.807) is 5.38 Å². The third-order valence-electron chi connectivity index (χ3n) is 3.14. The minimum absolute atomic E-state index is 0.453. The van der Waals surface area contributed by atoms with Crippen molar-refractivity contribution in [2.45, 2.75) is 38.0 Å². The highest BCUT2D eigenvalue weighted by molar-refractivity contribution is 7.10. The number of aliphatic hydroxyl groups excluding tert-OH is 1. The SMILES string of the molecule is O=C(NCC(O)C(F)(F)F)c1csc2c1CCCC2. The maximum Gasteiger partial charge on any atom is 0.416 e. The van der Waals surface area contributed by atoms with Crippen LogP contribution in [0.15, 0.2) is 5.38 Å². The van der Waals surface area contributed by atoms with Crippen molar-refractivity contribution in [3.63, 3.8) is 0 Å².